The number of nitrogens with zero attached hydrogens (tertiary/aromatic N) is 5. The molecule has 0 radical (unpaired) electrons. The van der Waals surface area contributed by atoms with Crippen LogP contribution in [0.4, 0.5) is 5.69 Å². The fourth-order valence-electron chi connectivity index (χ4n) is 8.75. The molecule has 5 heterocycles. The van der Waals surface area contributed by atoms with E-state index in [-0.39, 0.29) is 35.7 Å². The lowest BCUT2D eigenvalue weighted by atomic mass is 9.87. The molecule has 3 atom stereocenters. The molecule has 5 aliphatic rings. The molecule has 1 aliphatic carbocycles. The van der Waals surface area contributed by atoms with Gasteiger partial charge >= 0.3 is 0 Å². The Kier molecular flexibility index (Phi) is 8.81. The first kappa shape index (κ1) is 32.8. The number of hydrogen-bond donors (Lipinski definition) is 2. The quantitative estimate of drug-likeness (QED) is 0.347. The molecule has 1 saturated carbocycles. The molecule has 0 spiro atoms. The molecule has 2 N–H and O–H groups in total. The summed E-state index contributed by atoms with van der Waals surface area (Å²) in [5.74, 6) is 0.467. The minimum Gasteiger partial charge on any atom is -0.379 e. The van der Waals surface area contributed by atoms with Crippen molar-refractivity contribution in [3.63, 3.8) is 0 Å². The molecule has 3 amide bonds. The van der Waals surface area contributed by atoms with E-state index in [9.17, 15) is 19.2 Å². The van der Waals surface area contributed by atoms with Crippen LogP contribution in [0, 0.1) is 0 Å². The van der Waals surface area contributed by atoms with Gasteiger partial charge in [-0.1, -0.05) is 36.4 Å². The zero-order valence-corrected chi connectivity index (χ0v) is 29.1. The van der Waals surface area contributed by atoms with Gasteiger partial charge in [0.1, 0.15) is 6.04 Å². The second kappa shape index (κ2) is 13.4. The van der Waals surface area contributed by atoms with Crippen molar-refractivity contribution in [1.82, 2.24) is 29.8 Å². The summed E-state index contributed by atoms with van der Waals surface area (Å²) in [6, 6.07) is 15.1. The van der Waals surface area contributed by atoms with Gasteiger partial charge in [-0.2, -0.15) is 5.10 Å². The first-order chi connectivity index (χ1) is 24.2. The highest BCUT2D eigenvalue weighted by molar-refractivity contribution is 6.05. The number of hydrogen-bond acceptors (Lipinski definition) is 8. The fraction of sp³-hybridized carbons (Fsp3) is 0.513. The molecular formula is C39H47N7O4. The summed E-state index contributed by atoms with van der Waals surface area (Å²) in [6.07, 6.45) is 7.79. The standard InChI is InChI=1S/C39H47N7O4/c1-43-21-29(18-31(23-43)41-33-19-40-44(2)39(50)36(33)27-7-8-27)25-5-3-24(4-6-25)20-45-15-13-26(14-16-45)28-9-10-32-30(17-28)22-46(38(32)49)34-11-12-35(47)42-37(34)48/h3-6,9-10,17,19,26-27,29,31,34,41H,7-8,11-16,18,20-23H2,1-2H3,(H,42,47,48)/t29-,31+,34?/m1/s1. The van der Waals surface area contributed by atoms with E-state index in [1.165, 1.54) is 21.4 Å². The molecule has 1 unspecified atom stereocenters. The van der Waals surface area contributed by atoms with Crippen molar-refractivity contribution in [2.75, 3.05) is 38.5 Å². The Labute approximate surface area is 293 Å². The number of carbonyl (C=O) groups excluding carboxylic acids is 3. The van der Waals surface area contributed by atoms with E-state index >= 15 is 0 Å². The third-order valence-electron chi connectivity index (χ3n) is 11.6. The molecular weight excluding hydrogens is 630 g/mol. The van der Waals surface area contributed by atoms with Crippen molar-refractivity contribution in [3.8, 4) is 0 Å². The number of likely N-dealkylation sites (N-methyl/N-ethyl adjacent to an activating group) is 1. The Hall–Kier alpha value is -4.35. The molecule has 3 aromatic rings. The number of benzene rings is 2. The van der Waals surface area contributed by atoms with E-state index in [0.29, 0.717) is 36.3 Å². The summed E-state index contributed by atoms with van der Waals surface area (Å²) in [4.78, 5) is 56.6. The molecule has 3 saturated heterocycles. The molecule has 262 valence electrons. The minimum atomic E-state index is -0.582. The summed E-state index contributed by atoms with van der Waals surface area (Å²) >= 11 is 0. The zero-order chi connectivity index (χ0) is 34.5. The summed E-state index contributed by atoms with van der Waals surface area (Å²) in [5.41, 5.74) is 7.47. The number of piperidine rings is 3. The SMILES string of the molecule is CN1C[C@@H](Nc2cnn(C)c(=O)c2C2CC2)C[C@@H](c2ccc(CN3CCC(c4ccc5c(c4)CN(C4CCC(=O)NC4=O)C5=O)CC3)cc2)C1. The predicted molar refractivity (Wildman–Crippen MR) is 190 cm³/mol. The van der Waals surface area contributed by atoms with Gasteiger partial charge in [-0.3, -0.25) is 29.4 Å². The van der Waals surface area contributed by atoms with Gasteiger partial charge in [0.2, 0.25) is 11.8 Å². The zero-order valence-electron chi connectivity index (χ0n) is 29.1. The van der Waals surface area contributed by atoms with E-state index in [1.54, 1.807) is 11.9 Å². The van der Waals surface area contributed by atoms with Crippen LogP contribution in [0.1, 0.15) is 101 Å². The predicted octanol–water partition coefficient (Wildman–Crippen LogP) is 3.70. The second-order valence-electron chi connectivity index (χ2n) is 15.3. The molecule has 11 nitrogen and oxygen atoms in total. The van der Waals surface area contributed by atoms with E-state index in [0.717, 1.165) is 81.6 Å². The lowest BCUT2D eigenvalue weighted by Crippen LogP contribution is -2.52. The maximum absolute atomic E-state index is 13.1. The highest BCUT2D eigenvalue weighted by Gasteiger charge is 2.39. The monoisotopic (exact) mass is 677 g/mol. The van der Waals surface area contributed by atoms with Crippen LogP contribution >= 0.6 is 0 Å². The van der Waals surface area contributed by atoms with Crippen molar-refractivity contribution in [1.29, 1.82) is 0 Å². The smallest absolute Gasteiger partial charge is 0.272 e. The van der Waals surface area contributed by atoms with Crippen LogP contribution in [0.25, 0.3) is 0 Å². The van der Waals surface area contributed by atoms with Crippen LogP contribution in [0.3, 0.4) is 0 Å². The van der Waals surface area contributed by atoms with Gasteiger partial charge in [0, 0.05) is 56.8 Å². The van der Waals surface area contributed by atoms with Gasteiger partial charge in [0.25, 0.3) is 11.5 Å². The molecule has 0 bridgehead atoms. The number of imide groups is 1. The molecule has 8 rings (SSSR count). The van der Waals surface area contributed by atoms with Crippen molar-refractivity contribution < 1.29 is 14.4 Å². The number of nitrogens with one attached hydrogen (secondary N) is 2. The Morgan fingerprint density at radius 2 is 1.62 bits per heavy atom. The molecule has 11 heteroatoms. The van der Waals surface area contributed by atoms with Gasteiger partial charge < -0.3 is 15.1 Å². The van der Waals surface area contributed by atoms with Crippen LogP contribution in [0.2, 0.25) is 0 Å². The molecule has 1 aromatic heterocycles. The third kappa shape index (κ3) is 6.60. The van der Waals surface area contributed by atoms with Gasteiger partial charge in [-0.25, -0.2) is 4.68 Å². The third-order valence-corrected chi connectivity index (χ3v) is 11.6. The number of aryl methyl sites for hydroxylation is 1. The largest absolute Gasteiger partial charge is 0.379 e. The lowest BCUT2D eigenvalue weighted by molar-refractivity contribution is -0.136. The number of carbonyl (C=O) groups is 3. The van der Waals surface area contributed by atoms with E-state index in [2.05, 4.69) is 69.0 Å². The first-order valence-electron chi connectivity index (χ1n) is 18.3. The number of rotatable bonds is 8. The van der Waals surface area contributed by atoms with E-state index in [4.69, 9.17) is 0 Å². The van der Waals surface area contributed by atoms with Crippen molar-refractivity contribution in [2.45, 2.75) is 87.9 Å². The van der Waals surface area contributed by atoms with E-state index in [1.807, 2.05) is 12.3 Å². The number of fused-ring (bicyclic) bond motifs is 1. The van der Waals surface area contributed by atoms with Crippen LogP contribution < -0.4 is 16.2 Å². The van der Waals surface area contributed by atoms with Gasteiger partial charge in [-0.15, -0.1) is 0 Å². The van der Waals surface area contributed by atoms with Gasteiger partial charge in [0.15, 0.2) is 0 Å². The highest BCUT2D eigenvalue weighted by Crippen LogP contribution is 2.42. The minimum absolute atomic E-state index is 0.0269. The topological polar surface area (TPSA) is 120 Å². The first-order valence-corrected chi connectivity index (χ1v) is 18.3. The van der Waals surface area contributed by atoms with Gasteiger partial charge in [-0.05, 0) is 105 Å². The Balaban J connectivity index is 0.850. The average molecular weight is 678 g/mol. The Morgan fingerprint density at radius 3 is 2.36 bits per heavy atom. The normalized spacial score (nSPS) is 25.1. The van der Waals surface area contributed by atoms with Gasteiger partial charge in [0.05, 0.1) is 11.9 Å². The maximum atomic E-state index is 13.1. The van der Waals surface area contributed by atoms with E-state index < -0.39 is 6.04 Å². The lowest BCUT2D eigenvalue weighted by Gasteiger charge is -2.37. The van der Waals surface area contributed by atoms with Crippen molar-refractivity contribution in [2.24, 2.45) is 7.05 Å². The maximum Gasteiger partial charge on any atom is 0.272 e. The summed E-state index contributed by atoms with van der Waals surface area (Å²) < 4.78 is 1.46. The summed E-state index contributed by atoms with van der Waals surface area (Å²) in [5, 5.41) is 10.4. The van der Waals surface area contributed by atoms with Crippen LogP contribution in [-0.4, -0.2) is 87.5 Å². The molecule has 50 heavy (non-hydrogen) atoms. The molecule has 4 fully saturated rings. The fourth-order valence-corrected chi connectivity index (χ4v) is 8.75. The summed E-state index contributed by atoms with van der Waals surface area (Å²) in [7, 11) is 3.91. The number of amides is 3. The highest BCUT2D eigenvalue weighted by atomic mass is 16.2. The number of likely N-dealkylation sites (tertiary alicyclic amines) is 2. The Morgan fingerprint density at radius 1 is 0.860 bits per heavy atom. The van der Waals surface area contributed by atoms with Crippen LogP contribution in [0.5, 0.6) is 0 Å². The van der Waals surface area contributed by atoms with Crippen molar-refractivity contribution >= 4 is 23.4 Å². The van der Waals surface area contributed by atoms with Crippen LogP contribution in [0.15, 0.2) is 53.5 Å². The van der Waals surface area contributed by atoms with Crippen LogP contribution in [-0.2, 0) is 29.7 Å². The number of anilines is 1. The van der Waals surface area contributed by atoms with Crippen molar-refractivity contribution in [3.05, 3.63) is 92.4 Å². The molecule has 2 aromatic carbocycles. The average Bonchev–Trinajstić information content (AvgIpc) is 3.89. The second-order valence-corrected chi connectivity index (χ2v) is 15.3. The summed E-state index contributed by atoms with van der Waals surface area (Å²) in [6.45, 7) is 5.35. The molecule has 4 aliphatic heterocycles. The Bertz CT molecular complexity index is 1860. The number of aromatic nitrogens is 2.